The Hall–Kier alpha value is -4.14. The molecule has 154 valence electrons. The molecule has 4 aromatic heterocycles. The molecular weight excluding hydrogens is 397 g/mol. The standard InChI is InChI=1S/C22H18FN7O/c1-11-12(2)28-29-20(11)19(31)6-13-5-15-8-18(27-21(15)24-9-13)14-3-4-17(23)16(7-14)22-25-10-26-30-22/h3-5,7-10H,6H2,1-2H3,(H,24,27)(H,28,29)(H,25,26,30). The molecule has 8 nitrogen and oxygen atoms in total. The predicted molar refractivity (Wildman–Crippen MR) is 113 cm³/mol. The number of hydrogen-bond donors (Lipinski definition) is 3. The number of pyridine rings is 1. The number of benzene rings is 1. The Kier molecular flexibility index (Phi) is 4.43. The van der Waals surface area contributed by atoms with E-state index in [0.29, 0.717) is 22.7 Å². The summed E-state index contributed by atoms with van der Waals surface area (Å²) >= 11 is 0. The molecule has 31 heavy (non-hydrogen) atoms. The summed E-state index contributed by atoms with van der Waals surface area (Å²) in [5, 5.41) is 14.3. The Morgan fingerprint density at radius 2 is 1.97 bits per heavy atom. The van der Waals surface area contributed by atoms with Crippen LogP contribution in [0.1, 0.15) is 27.3 Å². The van der Waals surface area contributed by atoms with Gasteiger partial charge in [0.2, 0.25) is 0 Å². The summed E-state index contributed by atoms with van der Waals surface area (Å²) in [6.45, 7) is 3.76. The SMILES string of the molecule is Cc1[nH]nc(C(=O)Cc2cnc3[nH]c(-c4ccc(F)c(-c5ncn[nH]5)c4)cc3c2)c1C. The van der Waals surface area contributed by atoms with Crippen LogP contribution >= 0.6 is 0 Å². The van der Waals surface area contributed by atoms with Crippen LogP contribution in [0.3, 0.4) is 0 Å². The van der Waals surface area contributed by atoms with Gasteiger partial charge in [-0.3, -0.25) is 15.0 Å². The van der Waals surface area contributed by atoms with E-state index in [4.69, 9.17) is 0 Å². The lowest BCUT2D eigenvalue weighted by atomic mass is 10.0. The van der Waals surface area contributed by atoms with Gasteiger partial charge < -0.3 is 4.98 Å². The summed E-state index contributed by atoms with van der Waals surface area (Å²) < 4.78 is 14.2. The van der Waals surface area contributed by atoms with Crippen molar-refractivity contribution in [3.63, 3.8) is 0 Å². The highest BCUT2D eigenvalue weighted by molar-refractivity contribution is 5.97. The first-order chi connectivity index (χ1) is 15.0. The fraction of sp³-hybridized carbons (Fsp3) is 0.136. The zero-order chi connectivity index (χ0) is 21.5. The lowest BCUT2D eigenvalue weighted by Crippen LogP contribution is -2.06. The van der Waals surface area contributed by atoms with Crippen molar-refractivity contribution in [3.8, 4) is 22.6 Å². The van der Waals surface area contributed by atoms with Gasteiger partial charge in [-0.15, -0.1) is 0 Å². The van der Waals surface area contributed by atoms with E-state index in [9.17, 15) is 9.18 Å². The average molecular weight is 415 g/mol. The zero-order valence-corrected chi connectivity index (χ0v) is 16.8. The quantitative estimate of drug-likeness (QED) is 0.376. The molecule has 3 N–H and O–H groups in total. The van der Waals surface area contributed by atoms with Crippen molar-refractivity contribution in [1.82, 2.24) is 35.3 Å². The first-order valence-corrected chi connectivity index (χ1v) is 9.67. The number of carbonyl (C=O) groups excluding carboxylic acids is 1. The molecule has 0 aliphatic carbocycles. The van der Waals surface area contributed by atoms with Crippen molar-refractivity contribution in [2.45, 2.75) is 20.3 Å². The largest absolute Gasteiger partial charge is 0.339 e. The topological polar surface area (TPSA) is 116 Å². The molecule has 5 aromatic rings. The smallest absolute Gasteiger partial charge is 0.187 e. The maximum absolute atomic E-state index is 14.2. The average Bonchev–Trinajstić information content (AvgIpc) is 3.49. The van der Waals surface area contributed by atoms with E-state index in [1.54, 1.807) is 18.3 Å². The molecule has 0 aliphatic heterocycles. The van der Waals surface area contributed by atoms with Gasteiger partial charge in [0, 0.05) is 35.0 Å². The number of aromatic nitrogens is 7. The van der Waals surface area contributed by atoms with Crippen LogP contribution in [0.25, 0.3) is 33.7 Å². The lowest BCUT2D eigenvalue weighted by Gasteiger charge is -2.03. The minimum absolute atomic E-state index is 0.0611. The number of carbonyl (C=O) groups is 1. The van der Waals surface area contributed by atoms with Crippen molar-refractivity contribution in [1.29, 1.82) is 0 Å². The summed E-state index contributed by atoms with van der Waals surface area (Å²) in [5.74, 6) is -0.0910. The molecule has 0 bridgehead atoms. The van der Waals surface area contributed by atoms with Crippen LogP contribution in [0.4, 0.5) is 4.39 Å². The van der Waals surface area contributed by atoms with E-state index >= 15 is 0 Å². The second-order valence-electron chi connectivity index (χ2n) is 7.42. The number of nitrogens with one attached hydrogen (secondary N) is 3. The van der Waals surface area contributed by atoms with E-state index in [0.717, 1.165) is 33.5 Å². The summed E-state index contributed by atoms with van der Waals surface area (Å²) in [4.78, 5) is 24.4. The van der Waals surface area contributed by atoms with Crippen molar-refractivity contribution in [2.24, 2.45) is 0 Å². The van der Waals surface area contributed by atoms with Crippen LogP contribution < -0.4 is 0 Å². The number of H-pyrrole nitrogens is 3. The molecule has 0 saturated heterocycles. The van der Waals surface area contributed by atoms with E-state index in [1.807, 2.05) is 26.0 Å². The monoisotopic (exact) mass is 415 g/mol. The highest BCUT2D eigenvalue weighted by Gasteiger charge is 2.16. The third-order valence-corrected chi connectivity index (χ3v) is 5.36. The van der Waals surface area contributed by atoms with Crippen LogP contribution in [-0.4, -0.2) is 41.1 Å². The van der Waals surface area contributed by atoms with Gasteiger partial charge in [0.05, 0.1) is 5.56 Å². The molecule has 1 aromatic carbocycles. The van der Waals surface area contributed by atoms with Crippen LogP contribution in [0, 0.1) is 19.7 Å². The second kappa shape index (κ2) is 7.28. The molecule has 0 spiro atoms. The number of ketones is 1. The van der Waals surface area contributed by atoms with Gasteiger partial charge >= 0.3 is 0 Å². The molecule has 0 atom stereocenters. The number of halogens is 1. The Morgan fingerprint density at radius 3 is 2.71 bits per heavy atom. The van der Waals surface area contributed by atoms with Crippen molar-refractivity contribution >= 4 is 16.8 Å². The van der Waals surface area contributed by atoms with Gasteiger partial charge in [-0.25, -0.2) is 14.4 Å². The predicted octanol–water partition coefficient (Wildman–Crippen LogP) is 3.92. The van der Waals surface area contributed by atoms with Gasteiger partial charge in [-0.05, 0) is 55.3 Å². The van der Waals surface area contributed by atoms with Gasteiger partial charge in [0.1, 0.15) is 23.5 Å². The number of rotatable bonds is 5. The minimum atomic E-state index is -0.389. The molecule has 0 saturated carbocycles. The summed E-state index contributed by atoms with van der Waals surface area (Å²) in [5.41, 5.74) is 5.58. The van der Waals surface area contributed by atoms with E-state index < -0.39 is 0 Å². The van der Waals surface area contributed by atoms with Crippen molar-refractivity contribution < 1.29 is 9.18 Å². The Balaban J connectivity index is 1.46. The van der Waals surface area contributed by atoms with E-state index in [1.165, 1.54) is 12.4 Å². The number of aryl methyl sites for hydroxylation is 1. The van der Waals surface area contributed by atoms with E-state index in [2.05, 4.69) is 35.3 Å². The molecule has 0 fully saturated rings. The third-order valence-electron chi connectivity index (χ3n) is 5.36. The van der Waals surface area contributed by atoms with Gasteiger partial charge in [0.25, 0.3) is 0 Å². The molecule has 0 aliphatic rings. The van der Waals surface area contributed by atoms with Crippen LogP contribution in [0.2, 0.25) is 0 Å². The number of hydrogen-bond acceptors (Lipinski definition) is 5. The van der Waals surface area contributed by atoms with Crippen molar-refractivity contribution in [2.75, 3.05) is 0 Å². The maximum Gasteiger partial charge on any atom is 0.187 e. The number of aromatic amines is 3. The van der Waals surface area contributed by atoms with Gasteiger partial charge in [0.15, 0.2) is 11.6 Å². The normalized spacial score (nSPS) is 11.3. The molecule has 0 amide bonds. The number of nitrogens with zero attached hydrogens (tertiary/aromatic N) is 4. The highest BCUT2D eigenvalue weighted by atomic mass is 19.1. The van der Waals surface area contributed by atoms with Crippen LogP contribution in [0.5, 0.6) is 0 Å². The fourth-order valence-electron chi connectivity index (χ4n) is 3.55. The third kappa shape index (κ3) is 3.39. The minimum Gasteiger partial charge on any atom is -0.339 e. The Bertz CT molecular complexity index is 1420. The second-order valence-corrected chi connectivity index (χ2v) is 7.42. The first kappa shape index (κ1) is 18.9. The summed E-state index contributed by atoms with van der Waals surface area (Å²) in [6.07, 6.45) is 3.23. The van der Waals surface area contributed by atoms with E-state index in [-0.39, 0.29) is 18.0 Å². The number of fused-ring (bicyclic) bond motifs is 1. The van der Waals surface area contributed by atoms with Crippen LogP contribution in [0.15, 0.2) is 42.9 Å². The maximum atomic E-state index is 14.2. The molecule has 0 unspecified atom stereocenters. The molecule has 9 heteroatoms. The zero-order valence-electron chi connectivity index (χ0n) is 16.8. The lowest BCUT2D eigenvalue weighted by molar-refractivity contribution is 0.0987. The molecule has 5 rings (SSSR count). The Labute approximate surface area is 176 Å². The number of Topliss-reactive ketones (excluding diaryl/α,β-unsaturated/α-hetero) is 1. The van der Waals surface area contributed by atoms with Gasteiger partial charge in [-0.1, -0.05) is 0 Å². The Morgan fingerprint density at radius 1 is 1.10 bits per heavy atom. The highest BCUT2D eigenvalue weighted by Crippen LogP contribution is 2.28. The molecule has 4 heterocycles. The first-order valence-electron chi connectivity index (χ1n) is 9.67. The fourth-order valence-corrected chi connectivity index (χ4v) is 3.55. The van der Waals surface area contributed by atoms with Crippen LogP contribution in [-0.2, 0) is 6.42 Å². The summed E-state index contributed by atoms with van der Waals surface area (Å²) in [6, 6.07) is 8.64. The molecule has 0 radical (unpaired) electrons. The van der Waals surface area contributed by atoms with Crippen molar-refractivity contribution in [3.05, 3.63) is 71.2 Å². The molecular formula is C22H18FN7O. The summed E-state index contributed by atoms with van der Waals surface area (Å²) in [7, 11) is 0. The van der Waals surface area contributed by atoms with Gasteiger partial charge in [-0.2, -0.15) is 10.2 Å².